The van der Waals surface area contributed by atoms with Crippen LogP contribution in [0.3, 0.4) is 0 Å². The van der Waals surface area contributed by atoms with Crippen molar-refractivity contribution in [1.82, 2.24) is 14.5 Å². The third-order valence-electron chi connectivity index (χ3n) is 4.68. The average molecular weight is 392 g/mol. The van der Waals surface area contributed by atoms with Gasteiger partial charge in [-0.05, 0) is 43.3 Å². The van der Waals surface area contributed by atoms with E-state index >= 15 is 0 Å². The predicted molar refractivity (Wildman–Crippen MR) is 118 cm³/mol. The van der Waals surface area contributed by atoms with Crippen LogP contribution in [-0.4, -0.2) is 28.3 Å². The summed E-state index contributed by atoms with van der Waals surface area (Å²) in [6.07, 6.45) is 3.24. The number of anilines is 1. The van der Waals surface area contributed by atoms with Gasteiger partial charge >= 0.3 is 0 Å². The number of aromatic nitrogens is 3. The zero-order valence-corrected chi connectivity index (χ0v) is 16.2. The molecule has 7 heteroatoms. The summed E-state index contributed by atoms with van der Waals surface area (Å²) < 4.78 is 1.50. The van der Waals surface area contributed by atoms with Gasteiger partial charge in [0.15, 0.2) is 5.82 Å². The maximum absolute atomic E-state index is 13.3. The van der Waals surface area contributed by atoms with Gasteiger partial charge in [0.1, 0.15) is 13.4 Å². The highest BCUT2D eigenvalue weighted by molar-refractivity contribution is 6.32. The first-order valence-corrected chi connectivity index (χ1v) is 9.31. The van der Waals surface area contributed by atoms with Crippen LogP contribution in [0.2, 0.25) is 0 Å². The van der Waals surface area contributed by atoms with Crippen molar-refractivity contribution in [3.63, 3.8) is 0 Å². The SMILES string of the molecule is [B]c1ccc(NC(=O)c2cc(-c3ncccn3)c(C)n(-c3ccccc3)c2=O)cc1. The first-order chi connectivity index (χ1) is 14.5. The van der Waals surface area contributed by atoms with Crippen molar-refractivity contribution in [1.29, 1.82) is 0 Å². The molecule has 0 aliphatic heterocycles. The first kappa shape index (κ1) is 19.3. The number of nitrogens with zero attached hydrogens (tertiary/aromatic N) is 3. The fraction of sp³-hybridized carbons (Fsp3) is 0.0435. The molecule has 144 valence electrons. The Bertz CT molecular complexity index is 1250. The zero-order chi connectivity index (χ0) is 21.1. The van der Waals surface area contributed by atoms with Gasteiger partial charge in [-0.15, -0.1) is 0 Å². The number of carbonyl (C=O) groups excluding carboxylic acids is 1. The molecule has 0 unspecified atom stereocenters. The number of pyridine rings is 1. The maximum atomic E-state index is 13.3. The normalized spacial score (nSPS) is 10.6. The molecular formula is C23H17BN4O2. The smallest absolute Gasteiger partial charge is 0.268 e. The molecule has 30 heavy (non-hydrogen) atoms. The number of para-hydroxylation sites is 1. The molecule has 0 atom stereocenters. The number of benzene rings is 2. The van der Waals surface area contributed by atoms with E-state index in [2.05, 4.69) is 15.3 Å². The summed E-state index contributed by atoms with van der Waals surface area (Å²) >= 11 is 0. The van der Waals surface area contributed by atoms with E-state index in [1.54, 1.807) is 48.8 Å². The summed E-state index contributed by atoms with van der Waals surface area (Å²) in [5, 5.41) is 2.75. The van der Waals surface area contributed by atoms with Crippen LogP contribution < -0.4 is 16.3 Å². The van der Waals surface area contributed by atoms with Gasteiger partial charge in [0, 0.05) is 35.0 Å². The highest BCUT2D eigenvalue weighted by atomic mass is 16.2. The molecule has 2 aromatic heterocycles. The van der Waals surface area contributed by atoms with E-state index < -0.39 is 11.5 Å². The Labute approximate surface area is 174 Å². The number of hydrogen-bond acceptors (Lipinski definition) is 4. The van der Waals surface area contributed by atoms with Crippen LogP contribution in [0.25, 0.3) is 17.1 Å². The van der Waals surface area contributed by atoms with E-state index in [1.165, 1.54) is 4.57 Å². The van der Waals surface area contributed by atoms with E-state index in [0.29, 0.717) is 33.9 Å². The molecule has 4 aromatic rings. The lowest BCUT2D eigenvalue weighted by molar-refractivity contribution is 0.102. The van der Waals surface area contributed by atoms with E-state index in [1.807, 2.05) is 37.3 Å². The standard InChI is InChI=1S/C23H17BN4O2/c1-15-19(21-25-12-5-13-26-21)14-20(22(29)27-17-10-8-16(24)9-11-17)23(30)28(15)18-6-3-2-4-7-18/h2-14H,1H3,(H,27,29). The molecule has 0 fully saturated rings. The quantitative estimate of drug-likeness (QED) is 0.542. The topological polar surface area (TPSA) is 76.9 Å². The molecule has 2 aromatic carbocycles. The van der Waals surface area contributed by atoms with Gasteiger partial charge in [-0.3, -0.25) is 14.2 Å². The second-order valence-corrected chi connectivity index (χ2v) is 6.68. The summed E-state index contributed by atoms with van der Waals surface area (Å²) in [6, 6.07) is 19.1. The Morgan fingerprint density at radius 3 is 2.30 bits per heavy atom. The summed E-state index contributed by atoms with van der Waals surface area (Å²) in [5.41, 5.74) is 2.58. The number of carbonyl (C=O) groups is 1. The Morgan fingerprint density at radius 2 is 1.63 bits per heavy atom. The van der Waals surface area contributed by atoms with E-state index in [4.69, 9.17) is 7.85 Å². The van der Waals surface area contributed by atoms with Gasteiger partial charge < -0.3 is 5.32 Å². The predicted octanol–water partition coefficient (Wildman–Crippen LogP) is 2.65. The molecule has 0 aliphatic rings. The third-order valence-corrected chi connectivity index (χ3v) is 4.68. The molecule has 0 aliphatic carbocycles. The Morgan fingerprint density at radius 1 is 0.967 bits per heavy atom. The van der Waals surface area contributed by atoms with Crippen LogP contribution in [0.1, 0.15) is 16.1 Å². The highest BCUT2D eigenvalue weighted by Crippen LogP contribution is 2.22. The van der Waals surface area contributed by atoms with Gasteiger partial charge in [0.2, 0.25) is 0 Å². The average Bonchev–Trinajstić information content (AvgIpc) is 2.77. The highest BCUT2D eigenvalue weighted by Gasteiger charge is 2.20. The van der Waals surface area contributed by atoms with Crippen molar-refractivity contribution in [3.05, 3.63) is 101 Å². The van der Waals surface area contributed by atoms with Crippen molar-refractivity contribution < 1.29 is 4.79 Å². The van der Waals surface area contributed by atoms with Crippen LogP contribution in [0, 0.1) is 6.92 Å². The minimum Gasteiger partial charge on any atom is -0.322 e. The molecule has 2 radical (unpaired) electrons. The van der Waals surface area contributed by atoms with Gasteiger partial charge in [-0.25, -0.2) is 9.97 Å². The Balaban J connectivity index is 1.88. The Kier molecular flexibility index (Phi) is 5.26. The molecule has 0 spiro atoms. The first-order valence-electron chi connectivity index (χ1n) is 9.31. The second kappa shape index (κ2) is 8.17. The Hall–Kier alpha value is -4.00. The minimum absolute atomic E-state index is 0.0104. The maximum Gasteiger partial charge on any atom is 0.268 e. The van der Waals surface area contributed by atoms with Gasteiger partial charge in [0.05, 0.1) is 0 Å². The second-order valence-electron chi connectivity index (χ2n) is 6.68. The molecule has 0 saturated heterocycles. The lowest BCUT2D eigenvalue weighted by Gasteiger charge is -2.16. The van der Waals surface area contributed by atoms with Gasteiger partial charge in [-0.2, -0.15) is 0 Å². The number of rotatable bonds is 4. The van der Waals surface area contributed by atoms with Crippen molar-refractivity contribution in [3.8, 4) is 17.1 Å². The van der Waals surface area contributed by atoms with Crippen LogP contribution in [0.15, 0.2) is 83.9 Å². The molecule has 4 rings (SSSR count). The third kappa shape index (κ3) is 3.78. The summed E-state index contributed by atoms with van der Waals surface area (Å²) in [4.78, 5) is 34.9. The van der Waals surface area contributed by atoms with E-state index in [-0.39, 0.29) is 5.56 Å². The zero-order valence-electron chi connectivity index (χ0n) is 16.2. The number of amides is 1. The van der Waals surface area contributed by atoms with Crippen LogP contribution in [0.4, 0.5) is 5.69 Å². The molecule has 6 nitrogen and oxygen atoms in total. The largest absolute Gasteiger partial charge is 0.322 e. The molecule has 2 heterocycles. The van der Waals surface area contributed by atoms with Crippen molar-refractivity contribution in [2.75, 3.05) is 5.32 Å². The van der Waals surface area contributed by atoms with Crippen molar-refractivity contribution in [2.45, 2.75) is 6.92 Å². The van der Waals surface area contributed by atoms with Crippen molar-refractivity contribution in [2.24, 2.45) is 0 Å². The lowest BCUT2D eigenvalue weighted by atomic mass is 9.96. The van der Waals surface area contributed by atoms with Crippen molar-refractivity contribution >= 4 is 24.9 Å². The fourth-order valence-electron chi connectivity index (χ4n) is 3.18. The summed E-state index contributed by atoms with van der Waals surface area (Å²) in [6.45, 7) is 1.81. The minimum atomic E-state index is -0.522. The van der Waals surface area contributed by atoms with Gasteiger partial charge in [-0.1, -0.05) is 35.8 Å². The number of hydrogen-bond donors (Lipinski definition) is 1. The van der Waals surface area contributed by atoms with Crippen LogP contribution in [0.5, 0.6) is 0 Å². The van der Waals surface area contributed by atoms with Gasteiger partial charge in [0.25, 0.3) is 11.5 Å². The van der Waals surface area contributed by atoms with E-state index in [0.717, 1.165) is 0 Å². The van der Waals surface area contributed by atoms with Crippen LogP contribution >= 0.6 is 0 Å². The summed E-state index contributed by atoms with van der Waals surface area (Å²) in [5.74, 6) is -0.0900. The lowest BCUT2D eigenvalue weighted by Crippen LogP contribution is -2.30. The number of nitrogens with one attached hydrogen (secondary N) is 1. The summed E-state index contributed by atoms with van der Waals surface area (Å²) in [7, 11) is 5.70. The molecular weight excluding hydrogens is 375 g/mol. The molecule has 0 saturated carbocycles. The van der Waals surface area contributed by atoms with E-state index in [9.17, 15) is 9.59 Å². The monoisotopic (exact) mass is 392 g/mol. The fourth-order valence-corrected chi connectivity index (χ4v) is 3.18. The van der Waals surface area contributed by atoms with Crippen LogP contribution in [-0.2, 0) is 0 Å². The molecule has 1 N–H and O–H groups in total. The molecule has 1 amide bonds. The molecule has 0 bridgehead atoms.